The van der Waals surface area contributed by atoms with E-state index in [0.29, 0.717) is 5.92 Å². The van der Waals surface area contributed by atoms with Gasteiger partial charge in [0.1, 0.15) is 0 Å². The Hall–Kier alpha value is -0.0800. The Morgan fingerprint density at radius 2 is 2.67 bits per heavy atom. The summed E-state index contributed by atoms with van der Waals surface area (Å²) in [4.78, 5) is 0. The van der Waals surface area contributed by atoms with Gasteiger partial charge in [-0.1, -0.05) is 6.92 Å². The normalized spacial score (nSPS) is 25.5. The van der Waals surface area contributed by atoms with Crippen molar-refractivity contribution in [3.8, 4) is 0 Å². The van der Waals surface area contributed by atoms with E-state index in [4.69, 9.17) is 0 Å². The molecule has 1 aliphatic rings. The van der Waals surface area contributed by atoms with Crippen molar-refractivity contribution in [1.82, 2.24) is 10.9 Å². The summed E-state index contributed by atoms with van der Waals surface area (Å²) in [6.45, 7) is 5.27. The van der Waals surface area contributed by atoms with Gasteiger partial charge in [0, 0.05) is 13.1 Å². The molecule has 1 heterocycles. The highest BCUT2D eigenvalue weighted by Gasteiger charge is 2.05. The third kappa shape index (κ3) is 0.698. The van der Waals surface area contributed by atoms with Crippen molar-refractivity contribution in [1.29, 1.82) is 0 Å². The molecule has 2 nitrogen and oxygen atoms in total. The van der Waals surface area contributed by atoms with Gasteiger partial charge in [-0.2, -0.15) is 0 Å². The van der Waals surface area contributed by atoms with Crippen molar-refractivity contribution in [2.75, 3.05) is 6.54 Å². The van der Waals surface area contributed by atoms with E-state index in [2.05, 4.69) is 17.8 Å². The summed E-state index contributed by atoms with van der Waals surface area (Å²) in [6.07, 6.45) is 0. The van der Waals surface area contributed by atoms with Gasteiger partial charge in [-0.05, 0) is 5.92 Å². The summed E-state index contributed by atoms with van der Waals surface area (Å²) in [5.41, 5.74) is 5.86. The van der Waals surface area contributed by atoms with Crippen molar-refractivity contribution in [3.05, 3.63) is 6.54 Å². The quantitative estimate of drug-likeness (QED) is 0.429. The van der Waals surface area contributed by atoms with Gasteiger partial charge in [0.15, 0.2) is 0 Å². The zero-order valence-electron chi connectivity index (χ0n) is 3.86. The second-order valence-electron chi connectivity index (χ2n) is 1.67. The molecule has 1 unspecified atom stereocenters. The lowest BCUT2D eigenvalue weighted by Crippen LogP contribution is -2.19. The molecule has 1 rings (SSSR count). The number of hydrogen-bond acceptors (Lipinski definition) is 2. The third-order valence-corrected chi connectivity index (χ3v) is 0.894. The highest BCUT2D eigenvalue weighted by Crippen LogP contribution is 1.97. The summed E-state index contributed by atoms with van der Waals surface area (Å²) in [6, 6.07) is 0. The molecule has 1 fully saturated rings. The van der Waals surface area contributed by atoms with Crippen LogP contribution in [-0.2, 0) is 0 Å². The maximum absolute atomic E-state index is 2.97. The molecule has 0 saturated carbocycles. The molecule has 0 aromatic rings. The third-order valence-electron chi connectivity index (χ3n) is 0.894. The number of rotatable bonds is 0. The van der Waals surface area contributed by atoms with Crippen LogP contribution < -0.4 is 10.9 Å². The topological polar surface area (TPSA) is 24.1 Å². The van der Waals surface area contributed by atoms with Crippen LogP contribution in [0, 0.1) is 12.5 Å². The van der Waals surface area contributed by atoms with E-state index in [1.165, 1.54) is 0 Å². The van der Waals surface area contributed by atoms with Crippen LogP contribution in [0.25, 0.3) is 0 Å². The van der Waals surface area contributed by atoms with Crippen LogP contribution in [0.1, 0.15) is 6.92 Å². The highest BCUT2D eigenvalue weighted by atomic mass is 15.4. The Bertz CT molecular complexity index is 38.8. The lowest BCUT2D eigenvalue weighted by Gasteiger charge is -1.88. The van der Waals surface area contributed by atoms with E-state index >= 15 is 0 Å². The first-order valence-corrected chi connectivity index (χ1v) is 2.21. The fraction of sp³-hybridized carbons (Fsp3) is 0.750. The predicted octanol–water partition coefficient (Wildman–Crippen LogP) is -0.108. The first kappa shape index (κ1) is 4.09. The van der Waals surface area contributed by atoms with Gasteiger partial charge in [0.05, 0.1) is 0 Å². The average Bonchev–Trinajstić information content (AvgIpc) is 1.86. The molecule has 0 aliphatic carbocycles. The van der Waals surface area contributed by atoms with Gasteiger partial charge in [-0.3, -0.25) is 10.9 Å². The van der Waals surface area contributed by atoms with Gasteiger partial charge in [-0.15, -0.1) is 0 Å². The molecule has 1 aliphatic heterocycles. The summed E-state index contributed by atoms with van der Waals surface area (Å²) < 4.78 is 0. The second kappa shape index (κ2) is 1.58. The molecule has 1 atom stereocenters. The highest BCUT2D eigenvalue weighted by molar-refractivity contribution is 4.75. The van der Waals surface area contributed by atoms with Crippen LogP contribution in [0.4, 0.5) is 0 Å². The maximum atomic E-state index is 2.97. The van der Waals surface area contributed by atoms with Gasteiger partial charge >= 0.3 is 0 Å². The first-order chi connectivity index (χ1) is 2.89. The van der Waals surface area contributed by atoms with Crippen LogP contribution in [0.15, 0.2) is 0 Å². The minimum Gasteiger partial charge on any atom is -0.257 e. The fourth-order valence-corrected chi connectivity index (χ4v) is 0.480. The average molecular weight is 85.1 g/mol. The van der Waals surface area contributed by atoms with Crippen LogP contribution in [0.5, 0.6) is 0 Å². The van der Waals surface area contributed by atoms with Crippen molar-refractivity contribution in [2.45, 2.75) is 6.92 Å². The second-order valence-corrected chi connectivity index (χ2v) is 1.67. The summed E-state index contributed by atoms with van der Waals surface area (Å²) >= 11 is 0. The molecular weight excluding hydrogens is 76.1 g/mol. The van der Waals surface area contributed by atoms with Crippen LogP contribution in [-0.4, -0.2) is 6.54 Å². The number of nitrogens with one attached hydrogen (secondary N) is 2. The first-order valence-electron chi connectivity index (χ1n) is 2.21. The number of hydrogen-bond donors (Lipinski definition) is 2. The molecule has 1 saturated heterocycles. The Morgan fingerprint density at radius 3 is 2.83 bits per heavy atom. The van der Waals surface area contributed by atoms with E-state index < -0.39 is 0 Å². The Morgan fingerprint density at radius 1 is 1.83 bits per heavy atom. The van der Waals surface area contributed by atoms with E-state index in [0.717, 1.165) is 6.54 Å². The van der Waals surface area contributed by atoms with E-state index in [-0.39, 0.29) is 0 Å². The van der Waals surface area contributed by atoms with Crippen molar-refractivity contribution >= 4 is 0 Å². The molecule has 2 N–H and O–H groups in total. The van der Waals surface area contributed by atoms with Crippen LogP contribution in [0.3, 0.4) is 0 Å². The Labute approximate surface area is 37.9 Å². The van der Waals surface area contributed by atoms with Crippen LogP contribution in [0.2, 0.25) is 0 Å². The largest absolute Gasteiger partial charge is 0.257 e. The lowest BCUT2D eigenvalue weighted by molar-refractivity contribution is 0.688. The van der Waals surface area contributed by atoms with Crippen molar-refractivity contribution in [2.24, 2.45) is 5.92 Å². The fourth-order valence-electron chi connectivity index (χ4n) is 0.480. The molecule has 35 valence electrons. The van der Waals surface area contributed by atoms with Gasteiger partial charge < -0.3 is 0 Å². The van der Waals surface area contributed by atoms with Gasteiger partial charge in [0.2, 0.25) is 0 Å². The van der Waals surface area contributed by atoms with Crippen molar-refractivity contribution in [3.63, 3.8) is 0 Å². The standard InChI is InChI=1S/C4H9N2/c1-4-2-5-6-3-4/h2,4-6H,3H2,1H3. The Kier molecular flexibility index (Phi) is 1.08. The van der Waals surface area contributed by atoms with E-state index in [1.807, 2.05) is 6.54 Å². The Balaban J connectivity index is 2.18. The van der Waals surface area contributed by atoms with E-state index in [1.54, 1.807) is 0 Å². The van der Waals surface area contributed by atoms with Gasteiger partial charge in [-0.25, -0.2) is 0 Å². The molecular formula is C4H9N2. The zero-order chi connectivity index (χ0) is 4.41. The molecule has 0 aromatic carbocycles. The molecule has 0 spiro atoms. The zero-order valence-corrected chi connectivity index (χ0v) is 3.86. The summed E-state index contributed by atoms with van der Waals surface area (Å²) in [5, 5.41) is 0. The molecule has 6 heavy (non-hydrogen) atoms. The minimum atomic E-state index is 0.699. The molecule has 0 amide bonds. The van der Waals surface area contributed by atoms with E-state index in [9.17, 15) is 0 Å². The monoisotopic (exact) mass is 85.1 g/mol. The minimum absolute atomic E-state index is 0.699. The molecule has 2 heteroatoms. The molecule has 0 aromatic heterocycles. The smallest absolute Gasteiger partial charge is 0.0421 e. The molecule has 1 radical (unpaired) electrons. The molecule has 0 bridgehead atoms. The predicted molar refractivity (Wildman–Crippen MR) is 24.6 cm³/mol. The lowest BCUT2D eigenvalue weighted by atomic mass is 10.2. The summed E-state index contributed by atoms with van der Waals surface area (Å²) in [7, 11) is 0. The maximum Gasteiger partial charge on any atom is 0.0421 e. The van der Waals surface area contributed by atoms with Gasteiger partial charge in [0.25, 0.3) is 0 Å². The SMILES string of the molecule is CC1[CH]NNC1. The summed E-state index contributed by atoms with van der Waals surface area (Å²) in [5.74, 6) is 0.699. The number of hydrazine groups is 1. The van der Waals surface area contributed by atoms with Crippen LogP contribution >= 0.6 is 0 Å². The van der Waals surface area contributed by atoms with Crippen molar-refractivity contribution < 1.29 is 0 Å².